The van der Waals surface area contributed by atoms with Gasteiger partial charge in [-0.05, 0) is 12.1 Å². The molecule has 0 spiro atoms. The summed E-state index contributed by atoms with van der Waals surface area (Å²) in [7, 11) is 1.89. The summed E-state index contributed by atoms with van der Waals surface area (Å²) in [4.78, 5) is 3.91. The molecule has 4 heterocycles. The summed E-state index contributed by atoms with van der Waals surface area (Å²) >= 11 is 0. The number of aryl methyl sites for hydroxylation is 1. The summed E-state index contributed by atoms with van der Waals surface area (Å²) in [5, 5.41) is 21.4. The lowest BCUT2D eigenvalue weighted by Crippen LogP contribution is -2.37. The quantitative estimate of drug-likeness (QED) is 0.666. The highest BCUT2D eigenvalue weighted by molar-refractivity contribution is 5.85. The number of rotatable bonds is 3. The fourth-order valence-corrected chi connectivity index (χ4v) is 4.11. The number of para-hydroxylation sites is 1. The monoisotopic (exact) mass is 420 g/mol. The molecular weight excluding hydrogens is 399 g/mol. The fourth-order valence-electron chi connectivity index (χ4n) is 4.11. The van der Waals surface area contributed by atoms with Crippen molar-refractivity contribution < 1.29 is 9.13 Å². The van der Waals surface area contributed by atoms with Crippen molar-refractivity contribution in [3.05, 3.63) is 58.8 Å². The number of morpholine rings is 1. The highest BCUT2D eigenvalue weighted by Crippen LogP contribution is 2.37. The molecule has 10 heteroatoms. The molecule has 158 valence electrons. The molecule has 0 amide bonds. The van der Waals surface area contributed by atoms with Crippen molar-refractivity contribution in [1.29, 1.82) is 5.26 Å². The number of aromatic nitrogens is 4. The van der Waals surface area contributed by atoms with E-state index in [2.05, 4.69) is 21.2 Å². The predicted molar refractivity (Wildman–Crippen MR) is 114 cm³/mol. The van der Waals surface area contributed by atoms with Crippen LogP contribution in [0.5, 0.6) is 0 Å². The topological polar surface area (TPSA) is 112 Å². The Morgan fingerprint density at radius 1 is 1.29 bits per heavy atom. The first-order valence-corrected chi connectivity index (χ1v) is 9.94. The van der Waals surface area contributed by atoms with E-state index in [-0.39, 0.29) is 11.3 Å². The van der Waals surface area contributed by atoms with Gasteiger partial charge in [0.1, 0.15) is 17.7 Å². The summed E-state index contributed by atoms with van der Waals surface area (Å²) in [6.45, 7) is 3.20. The second kappa shape index (κ2) is 7.45. The first-order valence-electron chi connectivity index (χ1n) is 9.94. The average molecular weight is 420 g/mol. The van der Waals surface area contributed by atoms with Crippen LogP contribution in [0.3, 0.4) is 0 Å². The van der Waals surface area contributed by atoms with Crippen molar-refractivity contribution in [3.63, 3.8) is 0 Å². The molecule has 3 N–H and O–H groups in total. The summed E-state index contributed by atoms with van der Waals surface area (Å²) in [5.74, 6) is 0.828. The van der Waals surface area contributed by atoms with E-state index in [4.69, 9.17) is 15.6 Å². The van der Waals surface area contributed by atoms with E-state index in [0.717, 1.165) is 35.7 Å². The van der Waals surface area contributed by atoms with Crippen molar-refractivity contribution in [1.82, 2.24) is 20.0 Å². The van der Waals surface area contributed by atoms with Crippen LogP contribution < -0.4 is 15.5 Å². The summed E-state index contributed by atoms with van der Waals surface area (Å²) in [6.07, 6.45) is 1.80. The van der Waals surface area contributed by atoms with Crippen LogP contribution in [-0.2, 0) is 18.3 Å². The Morgan fingerprint density at radius 2 is 2.10 bits per heavy atom. The van der Waals surface area contributed by atoms with Gasteiger partial charge in [-0.3, -0.25) is 9.78 Å². The third-order valence-electron chi connectivity index (χ3n) is 5.64. The number of ether oxygens (including phenoxy) is 1. The van der Waals surface area contributed by atoms with Gasteiger partial charge in [-0.25, -0.2) is 4.39 Å². The Kier molecular flexibility index (Phi) is 4.60. The standard InChI is InChI=1S/C21H21FN8O/c1-28-18(29-5-7-31-8-6-29)9-17(27-28)14-11-30(12-15-19(14)25-26-21(15)24)20-13(10-23)3-2-4-16(20)22/h2-4,9,11H,5-8,12H2,1H3,(H3,24,25,26). The van der Waals surface area contributed by atoms with Crippen molar-refractivity contribution in [2.75, 3.05) is 41.8 Å². The van der Waals surface area contributed by atoms with E-state index < -0.39 is 5.82 Å². The van der Waals surface area contributed by atoms with Crippen LogP contribution in [0.1, 0.15) is 22.5 Å². The minimum Gasteiger partial charge on any atom is -0.382 e. The molecule has 9 nitrogen and oxygen atoms in total. The second-order valence-electron chi connectivity index (χ2n) is 7.49. The van der Waals surface area contributed by atoms with Crippen LogP contribution in [-0.4, -0.2) is 46.3 Å². The molecular formula is C21H21FN8O. The number of halogens is 1. The van der Waals surface area contributed by atoms with Gasteiger partial charge in [0, 0.05) is 43.5 Å². The molecule has 1 aromatic carbocycles. The SMILES string of the molecule is Cn1nc(C2=CN(c3c(F)cccc3C#N)Cc3c(N)n[nH]c32)cc1N1CCOCC1. The first kappa shape index (κ1) is 19.1. The van der Waals surface area contributed by atoms with Crippen molar-refractivity contribution >= 4 is 22.9 Å². The Hall–Kier alpha value is -3.84. The molecule has 0 radical (unpaired) electrons. The Bertz CT molecular complexity index is 1210. The van der Waals surface area contributed by atoms with Gasteiger partial charge in [0.15, 0.2) is 5.82 Å². The minimum absolute atomic E-state index is 0.207. The maximum atomic E-state index is 14.7. The number of hydrogen-bond donors (Lipinski definition) is 2. The van der Waals surface area contributed by atoms with Crippen LogP contribution in [0.2, 0.25) is 0 Å². The molecule has 2 aliphatic rings. The van der Waals surface area contributed by atoms with Crippen molar-refractivity contribution in [3.8, 4) is 6.07 Å². The number of fused-ring (bicyclic) bond motifs is 1. The molecule has 1 fully saturated rings. The minimum atomic E-state index is -0.477. The molecule has 1 saturated heterocycles. The van der Waals surface area contributed by atoms with E-state index in [9.17, 15) is 9.65 Å². The second-order valence-corrected chi connectivity index (χ2v) is 7.49. The van der Waals surface area contributed by atoms with Gasteiger partial charge in [-0.2, -0.15) is 15.5 Å². The smallest absolute Gasteiger partial charge is 0.150 e. The number of nitrogen functional groups attached to an aromatic ring is 1. The van der Waals surface area contributed by atoms with Gasteiger partial charge >= 0.3 is 0 Å². The number of H-pyrrole nitrogens is 1. The van der Waals surface area contributed by atoms with Gasteiger partial charge in [0.25, 0.3) is 0 Å². The molecule has 0 saturated carbocycles. The van der Waals surface area contributed by atoms with Gasteiger partial charge < -0.3 is 20.3 Å². The zero-order chi connectivity index (χ0) is 21.5. The van der Waals surface area contributed by atoms with E-state index in [1.165, 1.54) is 12.1 Å². The molecule has 3 aromatic rings. The number of nitrogens with zero attached hydrogens (tertiary/aromatic N) is 6. The zero-order valence-electron chi connectivity index (χ0n) is 17.0. The van der Waals surface area contributed by atoms with E-state index >= 15 is 0 Å². The maximum Gasteiger partial charge on any atom is 0.150 e. The first-order chi connectivity index (χ1) is 15.1. The number of aromatic amines is 1. The van der Waals surface area contributed by atoms with E-state index in [1.54, 1.807) is 17.2 Å². The molecule has 5 rings (SSSR count). The lowest BCUT2D eigenvalue weighted by Gasteiger charge is -2.28. The lowest BCUT2D eigenvalue weighted by molar-refractivity contribution is 0.122. The van der Waals surface area contributed by atoms with Crippen LogP contribution in [0, 0.1) is 17.1 Å². The lowest BCUT2D eigenvalue weighted by atomic mass is 10.0. The van der Waals surface area contributed by atoms with Gasteiger partial charge in [0.2, 0.25) is 0 Å². The largest absolute Gasteiger partial charge is 0.382 e. The highest BCUT2D eigenvalue weighted by Gasteiger charge is 2.29. The fraction of sp³-hybridized carbons (Fsp3) is 0.286. The molecule has 0 atom stereocenters. The van der Waals surface area contributed by atoms with Gasteiger partial charge in [0.05, 0.1) is 42.4 Å². The van der Waals surface area contributed by atoms with Gasteiger partial charge in [-0.1, -0.05) is 6.07 Å². The van der Waals surface area contributed by atoms with E-state index in [0.29, 0.717) is 31.3 Å². The van der Waals surface area contributed by atoms with Crippen LogP contribution >= 0.6 is 0 Å². The van der Waals surface area contributed by atoms with E-state index in [1.807, 2.05) is 17.8 Å². The number of nitrogens with two attached hydrogens (primary N) is 1. The number of hydrogen-bond acceptors (Lipinski definition) is 7. The Balaban J connectivity index is 1.62. The zero-order valence-corrected chi connectivity index (χ0v) is 17.0. The Morgan fingerprint density at radius 3 is 2.87 bits per heavy atom. The highest BCUT2D eigenvalue weighted by atomic mass is 19.1. The van der Waals surface area contributed by atoms with Crippen molar-refractivity contribution in [2.45, 2.75) is 6.54 Å². The third kappa shape index (κ3) is 3.19. The number of nitrogens with one attached hydrogen (secondary N) is 1. The average Bonchev–Trinajstić information content (AvgIpc) is 3.36. The summed E-state index contributed by atoms with van der Waals surface area (Å²) < 4.78 is 22.0. The van der Waals surface area contributed by atoms with Crippen LogP contribution in [0.4, 0.5) is 21.7 Å². The third-order valence-corrected chi connectivity index (χ3v) is 5.64. The number of nitriles is 1. The molecule has 0 bridgehead atoms. The summed E-state index contributed by atoms with van der Waals surface area (Å²) in [5.41, 5.74) is 9.47. The van der Waals surface area contributed by atoms with Crippen molar-refractivity contribution in [2.24, 2.45) is 7.05 Å². The summed E-state index contributed by atoms with van der Waals surface area (Å²) in [6, 6.07) is 8.53. The predicted octanol–water partition coefficient (Wildman–Crippen LogP) is 1.98. The molecule has 2 aromatic heterocycles. The molecule has 0 aliphatic carbocycles. The van der Waals surface area contributed by atoms with Crippen LogP contribution in [0.15, 0.2) is 30.5 Å². The maximum absolute atomic E-state index is 14.7. The normalized spacial score (nSPS) is 16.1. The van der Waals surface area contributed by atoms with Gasteiger partial charge in [-0.15, -0.1) is 0 Å². The molecule has 0 unspecified atom stereocenters. The number of benzene rings is 1. The molecule has 2 aliphatic heterocycles. The Labute approximate surface area is 178 Å². The van der Waals surface area contributed by atoms with Crippen LogP contribution in [0.25, 0.3) is 5.57 Å². The molecule has 31 heavy (non-hydrogen) atoms. The number of anilines is 3.